The molecule has 2 aliphatic heterocycles. The maximum Gasteiger partial charge on any atom is 0.132 e. The lowest BCUT2D eigenvalue weighted by atomic mass is 9.72. The van der Waals surface area contributed by atoms with Gasteiger partial charge in [0.15, 0.2) is 0 Å². The Hall–Kier alpha value is -2.87. The molecule has 0 spiro atoms. The Morgan fingerprint density at radius 2 is 2.06 bits per heavy atom. The van der Waals surface area contributed by atoms with Crippen molar-refractivity contribution >= 4 is 5.71 Å². The summed E-state index contributed by atoms with van der Waals surface area (Å²) < 4.78 is 13.0. The van der Waals surface area contributed by atoms with Gasteiger partial charge >= 0.3 is 0 Å². The molecule has 4 heteroatoms. The van der Waals surface area contributed by atoms with Crippen LogP contribution in [0.3, 0.4) is 0 Å². The average molecular weight is 414 g/mol. The fourth-order valence-corrected chi connectivity index (χ4v) is 4.77. The van der Waals surface area contributed by atoms with Crippen LogP contribution >= 0.6 is 0 Å². The van der Waals surface area contributed by atoms with Gasteiger partial charge in [0, 0.05) is 6.42 Å². The summed E-state index contributed by atoms with van der Waals surface area (Å²) in [6.45, 7) is 1.56. The van der Waals surface area contributed by atoms with Crippen LogP contribution in [0.2, 0.25) is 0 Å². The molecule has 4 atom stereocenters. The second kappa shape index (κ2) is 9.09. The standard InChI is InChI=1S/C27H27NO3/c1-2-6-12-21(13-7-3-1)27(22-14-8-4-9-15-22,23-16-10-5-11-17-23)30-20-26-24-18-31-28-25(24)19-29-26/h1-2,4-6,8-10,12,14-16,21,24,26H,3,11,17-20H2/b2-1-,12-6-/t21?,24-,26+,27?/m0/s1. The average Bonchev–Trinajstić information content (AvgIpc) is 3.41. The predicted molar refractivity (Wildman–Crippen MR) is 121 cm³/mol. The number of ether oxygens (including phenoxy) is 2. The van der Waals surface area contributed by atoms with Crippen molar-refractivity contribution < 1.29 is 14.3 Å². The number of nitrogens with zero attached hydrogens (tertiary/aromatic N) is 1. The first-order valence-electron chi connectivity index (χ1n) is 11.1. The van der Waals surface area contributed by atoms with Crippen molar-refractivity contribution in [1.29, 1.82) is 0 Å². The minimum atomic E-state index is -0.677. The highest BCUT2D eigenvalue weighted by atomic mass is 16.6. The van der Waals surface area contributed by atoms with Crippen molar-refractivity contribution in [2.75, 3.05) is 19.8 Å². The van der Waals surface area contributed by atoms with Crippen molar-refractivity contribution in [2.24, 2.45) is 17.0 Å². The highest BCUT2D eigenvalue weighted by Crippen LogP contribution is 2.45. The maximum absolute atomic E-state index is 6.97. The number of hydrogen-bond donors (Lipinski definition) is 0. The van der Waals surface area contributed by atoms with Crippen LogP contribution in [0.15, 0.2) is 83.6 Å². The van der Waals surface area contributed by atoms with Crippen LogP contribution in [0.4, 0.5) is 0 Å². The molecule has 0 N–H and O–H groups in total. The molecule has 1 aromatic rings. The third kappa shape index (κ3) is 3.92. The molecule has 0 saturated carbocycles. The molecule has 0 bridgehead atoms. The topological polar surface area (TPSA) is 40.0 Å². The Balaban J connectivity index is 1.57. The van der Waals surface area contributed by atoms with Crippen LogP contribution in [0, 0.1) is 23.7 Å². The van der Waals surface area contributed by atoms with E-state index in [1.54, 1.807) is 0 Å². The minimum Gasteiger partial charge on any atom is -0.395 e. The molecule has 0 amide bonds. The maximum atomic E-state index is 6.97. The molecule has 0 aromatic heterocycles. The molecule has 2 heterocycles. The smallest absolute Gasteiger partial charge is 0.132 e. The monoisotopic (exact) mass is 413 g/mol. The molecule has 158 valence electrons. The number of allylic oxidation sites excluding steroid dienone is 6. The summed E-state index contributed by atoms with van der Waals surface area (Å²) in [7, 11) is 0. The lowest BCUT2D eigenvalue weighted by molar-refractivity contribution is -0.0926. The van der Waals surface area contributed by atoms with Crippen LogP contribution in [0.25, 0.3) is 0 Å². The third-order valence-electron chi connectivity index (χ3n) is 6.39. The lowest BCUT2D eigenvalue weighted by Crippen LogP contribution is -2.42. The molecule has 5 rings (SSSR count). The second-order valence-electron chi connectivity index (χ2n) is 8.22. The quantitative estimate of drug-likeness (QED) is 0.634. The summed E-state index contributed by atoms with van der Waals surface area (Å²) in [5.41, 5.74) is 2.70. The van der Waals surface area contributed by atoms with E-state index >= 15 is 0 Å². The summed E-state index contributed by atoms with van der Waals surface area (Å²) in [6.07, 6.45) is 17.6. The van der Waals surface area contributed by atoms with Gasteiger partial charge in [0.1, 0.15) is 12.2 Å². The Morgan fingerprint density at radius 3 is 2.94 bits per heavy atom. The first-order valence-corrected chi connectivity index (χ1v) is 11.1. The zero-order valence-corrected chi connectivity index (χ0v) is 17.6. The van der Waals surface area contributed by atoms with Gasteiger partial charge < -0.3 is 14.3 Å². The summed E-state index contributed by atoms with van der Waals surface area (Å²) in [5.74, 6) is 6.92. The van der Waals surface area contributed by atoms with Gasteiger partial charge in [-0.25, -0.2) is 0 Å². The highest BCUT2D eigenvalue weighted by Gasteiger charge is 2.46. The molecular formula is C27H27NO3. The van der Waals surface area contributed by atoms with Gasteiger partial charge in [0.25, 0.3) is 0 Å². The van der Waals surface area contributed by atoms with Crippen molar-refractivity contribution in [1.82, 2.24) is 0 Å². The molecule has 2 unspecified atom stereocenters. The minimum absolute atomic E-state index is 0.0607. The summed E-state index contributed by atoms with van der Waals surface area (Å²) in [5, 5.41) is 4.13. The van der Waals surface area contributed by atoms with Gasteiger partial charge in [0.05, 0.1) is 36.9 Å². The number of rotatable bonds is 6. The first-order chi connectivity index (χ1) is 15.4. The zero-order valence-electron chi connectivity index (χ0n) is 17.6. The van der Waals surface area contributed by atoms with Gasteiger partial charge in [-0.2, -0.15) is 0 Å². The van der Waals surface area contributed by atoms with Gasteiger partial charge in [-0.05, 0) is 24.0 Å². The molecule has 1 saturated heterocycles. The van der Waals surface area contributed by atoms with E-state index in [2.05, 4.69) is 83.8 Å². The number of hydrogen-bond acceptors (Lipinski definition) is 4. The zero-order chi connectivity index (χ0) is 20.9. The van der Waals surface area contributed by atoms with E-state index in [4.69, 9.17) is 14.3 Å². The molecule has 2 aliphatic carbocycles. The van der Waals surface area contributed by atoms with E-state index in [1.165, 1.54) is 5.57 Å². The van der Waals surface area contributed by atoms with E-state index in [0.717, 1.165) is 30.5 Å². The largest absolute Gasteiger partial charge is 0.395 e. The Bertz CT molecular complexity index is 1010. The van der Waals surface area contributed by atoms with E-state index in [9.17, 15) is 0 Å². The van der Waals surface area contributed by atoms with Gasteiger partial charge in [-0.1, -0.05) is 89.9 Å². The van der Waals surface area contributed by atoms with E-state index in [-0.39, 0.29) is 17.9 Å². The highest BCUT2D eigenvalue weighted by molar-refractivity contribution is 5.90. The van der Waals surface area contributed by atoms with Crippen molar-refractivity contribution in [3.63, 3.8) is 0 Å². The molecule has 1 aromatic carbocycles. The number of benzene rings is 1. The second-order valence-corrected chi connectivity index (χ2v) is 8.22. The fraction of sp³-hybridized carbons (Fsp3) is 0.370. The van der Waals surface area contributed by atoms with E-state index < -0.39 is 5.60 Å². The normalized spacial score (nSPS) is 30.4. The number of fused-ring (bicyclic) bond motifs is 1. The van der Waals surface area contributed by atoms with E-state index in [1.807, 2.05) is 6.07 Å². The van der Waals surface area contributed by atoms with Crippen molar-refractivity contribution in [3.8, 4) is 11.8 Å². The van der Waals surface area contributed by atoms with Crippen LogP contribution in [-0.4, -0.2) is 31.6 Å². The van der Waals surface area contributed by atoms with Crippen LogP contribution in [-0.2, 0) is 19.9 Å². The SMILES string of the molecule is C1#CC(C(OC[C@H]2OCC3=NOC[C@@H]32)(C2=CC=CCC2)c2ccccc2)/C=C\C=C/C1. The lowest BCUT2D eigenvalue weighted by Gasteiger charge is -2.41. The Labute approximate surface area is 184 Å². The fourth-order valence-electron chi connectivity index (χ4n) is 4.77. The van der Waals surface area contributed by atoms with Crippen LogP contribution in [0.1, 0.15) is 24.8 Å². The third-order valence-corrected chi connectivity index (χ3v) is 6.39. The van der Waals surface area contributed by atoms with Crippen molar-refractivity contribution in [2.45, 2.75) is 31.0 Å². The van der Waals surface area contributed by atoms with Gasteiger partial charge in [-0.3, -0.25) is 0 Å². The van der Waals surface area contributed by atoms with Gasteiger partial charge in [0.2, 0.25) is 0 Å². The first kappa shape index (κ1) is 20.1. The number of oxime groups is 1. The molecule has 4 nitrogen and oxygen atoms in total. The summed E-state index contributed by atoms with van der Waals surface area (Å²) in [6, 6.07) is 10.5. The van der Waals surface area contributed by atoms with Crippen molar-refractivity contribution in [3.05, 3.63) is 84.0 Å². The van der Waals surface area contributed by atoms with E-state index in [0.29, 0.717) is 19.8 Å². The Morgan fingerprint density at radius 1 is 1.13 bits per heavy atom. The molecule has 4 aliphatic rings. The van der Waals surface area contributed by atoms with Crippen LogP contribution < -0.4 is 0 Å². The molecule has 31 heavy (non-hydrogen) atoms. The summed E-state index contributed by atoms with van der Waals surface area (Å²) >= 11 is 0. The predicted octanol–water partition coefficient (Wildman–Crippen LogP) is 4.71. The molecular weight excluding hydrogens is 386 g/mol. The molecule has 1 fully saturated rings. The Kier molecular flexibility index (Phi) is 5.88. The molecule has 0 radical (unpaired) electrons. The summed E-state index contributed by atoms with van der Waals surface area (Å²) in [4.78, 5) is 5.31. The van der Waals surface area contributed by atoms with Crippen LogP contribution in [0.5, 0.6) is 0 Å². The van der Waals surface area contributed by atoms with Gasteiger partial charge in [-0.15, -0.1) is 0 Å².